The number of ether oxygens (including phenoxy) is 1. The van der Waals surface area contributed by atoms with E-state index in [1.807, 2.05) is 4.90 Å². The van der Waals surface area contributed by atoms with Crippen molar-refractivity contribution in [2.75, 3.05) is 46.4 Å². The Bertz CT molecular complexity index is 312. The van der Waals surface area contributed by atoms with Crippen molar-refractivity contribution in [2.45, 2.75) is 38.3 Å². The summed E-state index contributed by atoms with van der Waals surface area (Å²) in [6, 6.07) is 0.403. The van der Waals surface area contributed by atoms with Crippen LogP contribution in [0.3, 0.4) is 0 Å². The highest BCUT2D eigenvalue weighted by atomic mass is 16.5. The van der Waals surface area contributed by atoms with E-state index in [1.165, 1.54) is 0 Å². The molecule has 0 aromatic carbocycles. The number of nitrogens with one attached hydrogen (secondary N) is 1. The van der Waals surface area contributed by atoms with Crippen LogP contribution < -0.4 is 5.32 Å². The van der Waals surface area contributed by atoms with E-state index in [9.17, 15) is 4.79 Å². The molecule has 1 atom stereocenters. The molecule has 19 heavy (non-hydrogen) atoms. The average Bonchev–Trinajstić information content (AvgIpc) is 2.36. The third kappa shape index (κ3) is 4.44. The van der Waals surface area contributed by atoms with Crippen molar-refractivity contribution in [3.05, 3.63) is 0 Å². The molecule has 1 N–H and O–H groups in total. The second-order valence-electron chi connectivity index (χ2n) is 6.36. The summed E-state index contributed by atoms with van der Waals surface area (Å²) in [5.41, 5.74) is -0.0627. The first-order chi connectivity index (χ1) is 8.96. The Labute approximate surface area is 116 Å². The topological polar surface area (TPSA) is 44.8 Å². The van der Waals surface area contributed by atoms with Crippen molar-refractivity contribution >= 4 is 5.91 Å². The minimum absolute atomic E-state index is 0.0627. The van der Waals surface area contributed by atoms with Crippen LogP contribution >= 0.6 is 0 Å². The van der Waals surface area contributed by atoms with Gasteiger partial charge in [0.25, 0.3) is 0 Å². The Balaban J connectivity index is 1.71. The van der Waals surface area contributed by atoms with Crippen molar-refractivity contribution in [3.8, 4) is 0 Å². The van der Waals surface area contributed by atoms with E-state index in [2.05, 4.69) is 31.1 Å². The molecule has 0 radical (unpaired) electrons. The lowest BCUT2D eigenvalue weighted by Gasteiger charge is -2.37. The quantitative estimate of drug-likeness (QED) is 0.801. The average molecular weight is 269 g/mol. The molecule has 0 aliphatic carbocycles. The third-order valence-electron chi connectivity index (χ3n) is 4.10. The highest BCUT2D eigenvalue weighted by Gasteiger charge is 2.29. The molecule has 2 aliphatic heterocycles. The van der Waals surface area contributed by atoms with Crippen LogP contribution in [-0.2, 0) is 9.53 Å². The van der Waals surface area contributed by atoms with Gasteiger partial charge in [-0.25, -0.2) is 0 Å². The van der Waals surface area contributed by atoms with Gasteiger partial charge < -0.3 is 19.9 Å². The van der Waals surface area contributed by atoms with Crippen molar-refractivity contribution in [2.24, 2.45) is 0 Å². The zero-order valence-electron chi connectivity index (χ0n) is 12.4. The molecule has 2 heterocycles. The largest absolute Gasteiger partial charge is 0.375 e. The van der Waals surface area contributed by atoms with Crippen LogP contribution in [-0.4, -0.2) is 73.7 Å². The van der Waals surface area contributed by atoms with Crippen LogP contribution in [0, 0.1) is 0 Å². The summed E-state index contributed by atoms with van der Waals surface area (Å²) < 4.78 is 5.69. The maximum atomic E-state index is 12.1. The fourth-order valence-electron chi connectivity index (χ4n) is 2.81. The summed E-state index contributed by atoms with van der Waals surface area (Å²) in [4.78, 5) is 16.4. The fourth-order valence-corrected chi connectivity index (χ4v) is 2.81. The third-order valence-corrected chi connectivity index (χ3v) is 4.10. The Hall–Kier alpha value is -0.650. The second kappa shape index (κ2) is 6.20. The Morgan fingerprint density at radius 3 is 2.63 bits per heavy atom. The summed E-state index contributed by atoms with van der Waals surface area (Å²) in [5, 5.41) is 3.40. The van der Waals surface area contributed by atoms with E-state index in [1.54, 1.807) is 0 Å². The lowest BCUT2D eigenvalue weighted by atomic mass is 9.94. The van der Waals surface area contributed by atoms with E-state index in [0.717, 1.165) is 45.6 Å². The number of likely N-dealkylation sites (N-methyl/N-ethyl adjacent to an activating group) is 1. The fraction of sp³-hybridized carbons (Fsp3) is 0.929. The molecule has 0 aromatic rings. The molecule has 1 amide bonds. The van der Waals surface area contributed by atoms with Gasteiger partial charge in [-0.3, -0.25) is 4.79 Å². The van der Waals surface area contributed by atoms with Crippen LogP contribution in [0.25, 0.3) is 0 Å². The summed E-state index contributed by atoms with van der Waals surface area (Å²) >= 11 is 0. The molecule has 0 saturated carbocycles. The van der Waals surface area contributed by atoms with Gasteiger partial charge in [-0.1, -0.05) is 0 Å². The normalized spacial score (nSPS) is 28.4. The molecule has 2 saturated heterocycles. The highest BCUT2D eigenvalue weighted by Crippen LogP contribution is 2.23. The Morgan fingerprint density at radius 2 is 2.00 bits per heavy atom. The molecule has 0 aromatic heterocycles. The monoisotopic (exact) mass is 269 g/mol. The molecule has 2 rings (SSSR count). The molecule has 2 fully saturated rings. The van der Waals surface area contributed by atoms with Crippen molar-refractivity contribution in [3.63, 3.8) is 0 Å². The minimum atomic E-state index is -0.0627. The standard InChI is InChI=1S/C14H27N3O2/c1-14(2)10-12(4-9-19-14)15-11-13(18)17-7-5-16(3)6-8-17/h12,15H,4-11H2,1-3H3. The van der Waals surface area contributed by atoms with E-state index < -0.39 is 0 Å². The maximum absolute atomic E-state index is 12.1. The molecule has 0 spiro atoms. The molecular weight excluding hydrogens is 242 g/mol. The Morgan fingerprint density at radius 1 is 1.32 bits per heavy atom. The molecule has 5 heteroatoms. The molecule has 110 valence electrons. The Kier molecular flexibility index (Phi) is 4.81. The number of carbonyl (C=O) groups excluding carboxylic acids is 1. The van der Waals surface area contributed by atoms with E-state index in [4.69, 9.17) is 4.74 Å². The maximum Gasteiger partial charge on any atom is 0.236 e. The van der Waals surface area contributed by atoms with Crippen LogP contribution in [0.2, 0.25) is 0 Å². The minimum Gasteiger partial charge on any atom is -0.375 e. The lowest BCUT2D eigenvalue weighted by Crippen LogP contribution is -2.51. The highest BCUT2D eigenvalue weighted by molar-refractivity contribution is 5.78. The molecule has 0 bridgehead atoms. The molecule has 1 unspecified atom stereocenters. The van der Waals surface area contributed by atoms with E-state index in [-0.39, 0.29) is 11.5 Å². The lowest BCUT2D eigenvalue weighted by molar-refractivity contribution is -0.132. The van der Waals surface area contributed by atoms with Gasteiger partial charge in [0.15, 0.2) is 0 Å². The van der Waals surface area contributed by atoms with E-state index >= 15 is 0 Å². The van der Waals surface area contributed by atoms with Gasteiger partial charge in [0.05, 0.1) is 12.1 Å². The van der Waals surface area contributed by atoms with E-state index in [0.29, 0.717) is 12.6 Å². The smallest absolute Gasteiger partial charge is 0.236 e. The van der Waals surface area contributed by atoms with Crippen molar-refractivity contribution < 1.29 is 9.53 Å². The summed E-state index contributed by atoms with van der Waals surface area (Å²) in [6.45, 7) is 9.16. The molecule has 2 aliphatic rings. The number of hydrogen-bond donors (Lipinski definition) is 1. The summed E-state index contributed by atoms with van der Waals surface area (Å²) in [5.74, 6) is 0.234. The van der Waals surface area contributed by atoms with Crippen molar-refractivity contribution in [1.29, 1.82) is 0 Å². The first-order valence-electron chi connectivity index (χ1n) is 7.30. The zero-order chi connectivity index (χ0) is 13.9. The van der Waals surface area contributed by atoms with Gasteiger partial charge in [-0.05, 0) is 33.7 Å². The second-order valence-corrected chi connectivity index (χ2v) is 6.36. The van der Waals surface area contributed by atoms with Crippen LogP contribution in [0.15, 0.2) is 0 Å². The number of hydrogen-bond acceptors (Lipinski definition) is 4. The number of carbonyl (C=O) groups is 1. The van der Waals surface area contributed by atoms with Gasteiger partial charge in [0.2, 0.25) is 5.91 Å². The summed E-state index contributed by atoms with van der Waals surface area (Å²) in [7, 11) is 2.10. The predicted octanol–water partition coefficient (Wildman–Crippen LogP) is 0.308. The number of nitrogens with zero attached hydrogens (tertiary/aromatic N) is 2. The number of amides is 1. The molecule has 5 nitrogen and oxygen atoms in total. The summed E-state index contributed by atoms with van der Waals surface area (Å²) in [6.07, 6.45) is 1.97. The van der Waals surface area contributed by atoms with Crippen LogP contribution in [0.4, 0.5) is 0 Å². The van der Waals surface area contributed by atoms with Gasteiger partial charge in [-0.2, -0.15) is 0 Å². The molecular formula is C14H27N3O2. The first kappa shape index (κ1) is 14.8. The zero-order valence-corrected chi connectivity index (χ0v) is 12.4. The van der Waals surface area contributed by atoms with Gasteiger partial charge in [-0.15, -0.1) is 0 Å². The number of rotatable bonds is 3. The SMILES string of the molecule is CN1CCN(C(=O)CNC2CCOC(C)(C)C2)CC1. The van der Waals surface area contributed by atoms with Crippen molar-refractivity contribution in [1.82, 2.24) is 15.1 Å². The first-order valence-corrected chi connectivity index (χ1v) is 7.30. The van der Waals surface area contributed by atoms with Gasteiger partial charge in [0, 0.05) is 38.8 Å². The van der Waals surface area contributed by atoms with Gasteiger partial charge in [0.1, 0.15) is 0 Å². The number of piperazine rings is 1. The van der Waals surface area contributed by atoms with Gasteiger partial charge >= 0.3 is 0 Å². The predicted molar refractivity (Wildman–Crippen MR) is 75.1 cm³/mol. The van der Waals surface area contributed by atoms with Crippen LogP contribution in [0.5, 0.6) is 0 Å². The van der Waals surface area contributed by atoms with Crippen LogP contribution in [0.1, 0.15) is 26.7 Å².